The summed E-state index contributed by atoms with van der Waals surface area (Å²) in [6.45, 7) is 13.0. The summed E-state index contributed by atoms with van der Waals surface area (Å²) in [5.41, 5.74) is 5.07. The zero-order chi connectivity index (χ0) is 23.5. The van der Waals surface area contributed by atoms with Crippen LogP contribution >= 0.6 is 11.8 Å². The van der Waals surface area contributed by atoms with Crippen LogP contribution in [0.5, 0.6) is 0 Å². The van der Waals surface area contributed by atoms with E-state index in [2.05, 4.69) is 52.5 Å². The Hall–Kier alpha value is -0.810. The lowest BCUT2D eigenvalue weighted by Crippen LogP contribution is -2.38. The Morgan fingerprint density at radius 1 is 1.25 bits per heavy atom. The van der Waals surface area contributed by atoms with E-state index < -0.39 is 17.1 Å². The predicted octanol–water partition coefficient (Wildman–Crippen LogP) is 6.32. The van der Waals surface area contributed by atoms with Crippen molar-refractivity contribution in [3.05, 3.63) is 47.1 Å². The smallest absolute Gasteiger partial charge is 0.117 e. The standard InChI is InChI=1S/C28H44O3S/c1-6-20(7-2)26(30)18-32-28(31)16-22(19(4)25(29)17-28)12-11-21-10-9-15-27(5)23(8-3)13-14-24(21)27/h11-13,20,24-26,29-31H,4,6-10,14-18H2,1-3,5H3/t24-,25-,26-,27+,28-/m0/s1. The summed E-state index contributed by atoms with van der Waals surface area (Å²) in [5.74, 6) is 1.32. The summed E-state index contributed by atoms with van der Waals surface area (Å²) in [4.78, 5) is -1.07. The van der Waals surface area contributed by atoms with Crippen molar-refractivity contribution >= 4 is 11.8 Å². The molecule has 2 fully saturated rings. The first-order valence-electron chi connectivity index (χ1n) is 12.7. The zero-order valence-electron chi connectivity index (χ0n) is 20.6. The molecule has 3 aliphatic rings. The van der Waals surface area contributed by atoms with Gasteiger partial charge in [0.2, 0.25) is 0 Å². The van der Waals surface area contributed by atoms with E-state index in [1.165, 1.54) is 30.2 Å². The highest BCUT2D eigenvalue weighted by atomic mass is 32.2. The van der Waals surface area contributed by atoms with E-state index >= 15 is 0 Å². The maximum Gasteiger partial charge on any atom is 0.117 e. The Morgan fingerprint density at radius 3 is 2.62 bits per heavy atom. The van der Waals surface area contributed by atoms with Crippen LogP contribution < -0.4 is 0 Å². The first kappa shape index (κ1) is 25.8. The van der Waals surface area contributed by atoms with Gasteiger partial charge < -0.3 is 15.3 Å². The third-order valence-electron chi connectivity index (χ3n) is 8.50. The fourth-order valence-electron chi connectivity index (χ4n) is 6.27. The first-order valence-corrected chi connectivity index (χ1v) is 13.7. The van der Waals surface area contributed by atoms with Gasteiger partial charge in [0.25, 0.3) is 0 Å². The van der Waals surface area contributed by atoms with Crippen molar-refractivity contribution in [2.24, 2.45) is 17.3 Å². The summed E-state index contributed by atoms with van der Waals surface area (Å²) in [6.07, 6.45) is 14.1. The van der Waals surface area contributed by atoms with Crippen LogP contribution in [0.1, 0.15) is 85.5 Å². The van der Waals surface area contributed by atoms with Gasteiger partial charge in [0.15, 0.2) is 0 Å². The van der Waals surface area contributed by atoms with Crippen LogP contribution in [-0.4, -0.2) is 38.2 Å². The summed E-state index contributed by atoms with van der Waals surface area (Å²) in [7, 11) is 0. The summed E-state index contributed by atoms with van der Waals surface area (Å²) in [5, 5.41) is 32.4. The SMILES string of the molecule is C=C1C(=CC=C2CCC[C@]3(C)C(CC)=CC[C@@H]23)C[C@](O)(SC[C@H](O)C(CC)CC)C[C@@H]1O. The number of allylic oxidation sites excluding steroid dienone is 5. The predicted molar refractivity (Wildman–Crippen MR) is 136 cm³/mol. The van der Waals surface area contributed by atoms with E-state index in [1.807, 2.05) is 0 Å². The van der Waals surface area contributed by atoms with E-state index in [0.29, 0.717) is 23.5 Å². The lowest BCUT2D eigenvalue weighted by Gasteiger charge is -2.41. The minimum Gasteiger partial charge on any atom is -0.392 e. The molecule has 4 heteroatoms. The van der Waals surface area contributed by atoms with Crippen LogP contribution in [0.25, 0.3) is 0 Å². The van der Waals surface area contributed by atoms with Crippen molar-refractivity contribution in [1.82, 2.24) is 0 Å². The maximum absolute atomic E-state index is 11.3. The summed E-state index contributed by atoms with van der Waals surface area (Å²) >= 11 is 1.39. The Balaban J connectivity index is 1.74. The van der Waals surface area contributed by atoms with Crippen molar-refractivity contribution in [1.29, 1.82) is 0 Å². The molecule has 0 aliphatic heterocycles. The fourth-order valence-corrected chi connectivity index (χ4v) is 7.56. The highest BCUT2D eigenvalue weighted by Gasteiger charge is 2.44. The molecule has 0 aromatic heterocycles. The monoisotopic (exact) mass is 460 g/mol. The highest BCUT2D eigenvalue weighted by Crippen LogP contribution is 2.55. The molecule has 0 heterocycles. The minimum absolute atomic E-state index is 0.253. The molecule has 32 heavy (non-hydrogen) atoms. The van der Waals surface area contributed by atoms with E-state index in [-0.39, 0.29) is 12.3 Å². The Bertz CT molecular complexity index is 778. The number of fused-ring (bicyclic) bond motifs is 1. The fraction of sp³-hybridized carbons (Fsp3) is 0.714. The lowest BCUT2D eigenvalue weighted by atomic mass is 9.64. The number of thioether (sulfide) groups is 1. The number of aliphatic hydroxyl groups excluding tert-OH is 2. The molecule has 2 saturated carbocycles. The molecule has 0 spiro atoms. The van der Waals surface area contributed by atoms with E-state index in [1.54, 1.807) is 5.57 Å². The van der Waals surface area contributed by atoms with Gasteiger partial charge in [0, 0.05) is 18.6 Å². The van der Waals surface area contributed by atoms with Crippen molar-refractivity contribution in [3.63, 3.8) is 0 Å². The molecule has 0 aromatic carbocycles. The second kappa shape index (κ2) is 10.6. The van der Waals surface area contributed by atoms with Crippen molar-refractivity contribution in [2.75, 3.05) is 5.75 Å². The molecule has 0 radical (unpaired) electrons. The number of aliphatic hydroxyl groups is 3. The number of hydrogen-bond acceptors (Lipinski definition) is 4. The van der Waals surface area contributed by atoms with Crippen molar-refractivity contribution in [3.8, 4) is 0 Å². The summed E-state index contributed by atoms with van der Waals surface area (Å²) < 4.78 is 0. The molecule has 3 nitrogen and oxygen atoms in total. The van der Waals surface area contributed by atoms with Crippen LogP contribution in [0, 0.1) is 17.3 Å². The molecule has 3 N–H and O–H groups in total. The van der Waals surface area contributed by atoms with Gasteiger partial charge in [-0.15, -0.1) is 11.8 Å². The van der Waals surface area contributed by atoms with Crippen LogP contribution in [0.4, 0.5) is 0 Å². The molecule has 3 rings (SSSR count). The van der Waals surface area contributed by atoms with Crippen molar-refractivity contribution < 1.29 is 15.3 Å². The molecule has 0 aromatic rings. The van der Waals surface area contributed by atoms with Gasteiger partial charge in [0.1, 0.15) is 4.93 Å². The summed E-state index contributed by atoms with van der Waals surface area (Å²) in [6, 6.07) is 0. The Kier molecular flexibility index (Phi) is 8.57. The van der Waals surface area contributed by atoms with Crippen molar-refractivity contribution in [2.45, 2.75) is 103 Å². The minimum atomic E-state index is -1.07. The van der Waals surface area contributed by atoms with Crippen LogP contribution in [0.15, 0.2) is 47.1 Å². The van der Waals surface area contributed by atoms with Gasteiger partial charge in [-0.05, 0) is 60.5 Å². The molecule has 3 aliphatic carbocycles. The van der Waals surface area contributed by atoms with Crippen LogP contribution in [0.2, 0.25) is 0 Å². The Labute approximate surface area is 199 Å². The third kappa shape index (κ3) is 5.29. The average Bonchev–Trinajstić information content (AvgIpc) is 3.11. The normalized spacial score (nSPS) is 36.6. The van der Waals surface area contributed by atoms with Gasteiger partial charge in [-0.2, -0.15) is 0 Å². The second-order valence-electron chi connectivity index (χ2n) is 10.4. The first-order chi connectivity index (χ1) is 15.2. The van der Waals surface area contributed by atoms with Gasteiger partial charge in [0.05, 0.1) is 12.2 Å². The van der Waals surface area contributed by atoms with Gasteiger partial charge in [-0.3, -0.25) is 0 Å². The maximum atomic E-state index is 11.3. The number of hydrogen-bond donors (Lipinski definition) is 3. The number of rotatable bonds is 8. The molecule has 0 unspecified atom stereocenters. The average molecular weight is 461 g/mol. The van der Waals surface area contributed by atoms with Crippen LogP contribution in [0.3, 0.4) is 0 Å². The molecule has 0 amide bonds. The molecular weight excluding hydrogens is 416 g/mol. The molecule has 0 saturated heterocycles. The molecule has 180 valence electrons. The van der Waals surface area contributed by atoms with E-state index in [0.717, 1.165) is 43.3 Å². The second-order valence-corrected chi connectivity index (χ2v) is 11.8. The lowest BCUT2D eigenvalue weighted by molar-refractivity contribution is 0.0589. The van der Waals surface area contributed by atoms with Crippen LogP contribution in [-0.2, 0) is 0 Å². The van der Waals surface area contributed by atoms with Gasteiger partial charge >= 0.3 is 0 Å². The van der Waals surface area contributed by atoms with Gasteiger partial charge in [-0.1, -0.05) is 76.5 Å². The molecule has 0 bridgehead atoms. The largest absolute Gasteiger partial charge is 0.392 e. The van der Waals surface area contributed by atoms with E-state index in [9.17, 15) is 15.3 Å². The van der Waals surface area contributed by atoms with E-state index in [4.69, 9.17) is 0 Å². The topological polar surface area (TPSA) is 60.7 Å². The molecular formula is C28H44O3S. The Morgan fingerprint density at radius 2 is 1.97 bits per heavy atom. The molecule has 5 atom stereocenters. The zero-order valence-corrected chi connectivity index (χ0v) is 21.4. The highest BCUT2D eigenvalue weighted by molar-refractivity contribution is 8.00. The van der Waals surface area contributed by atoms with Gasteiger partial charge in [-0.25, -0.2) is 0 Å². The third-order valence-corrected chi connectivity index (χ3v) is 9.86. The quantitative estimate of drug-likeness (QED) is 0.293.